The fraction of sp³-hybridized carbons (Fsp3) is 0.938. The number of carbonyl (C=O) groups excluding carboxylic acids is 1. The van der Waals surface area contributed by atoms with E-state index < -0.39 is 37.3 Å². The zero-order chi connectivity index (χ0) is 18.1. The van der Waals surface area contributed by atoms with Gasteiger partial charge in [0.05, 0.1) is 13.2 Å². The zero-order valence-electron chi connectivity index (χ0n) is 14.4. The summed E-state index contributed by atoms with van der Waals surface area (Å²) in [5, 5.41) is 41.0. The summed E-state index contributed by atoms with van der Waals surface area (Å²) in [5.41, 5.74) is 0. The van der Waals surface area contributed by atoms with Crippen molar-refractivity contribution in [3.05, 3.63) is 0 Å². The van der Waals surface area contributed by atoms with E-state index in [-0.39, 0.29) is 25.0 Å². The number of nitrogens with one attached hydrogen (secondary N) is 1. The summed E-state index contributed by atoms with van der Waals surface area (Å²) in [6, 6.07) is 0. The van der Waals surface area contributed by atoms with Crippen LogP contribution in [-0.2, 0) is 14.3 Å². The largest absolute Gasteiger partial charge is 0.394 e. The van der Waals surface area contributed by atoms with Crippen LogP contribution in [0, 0.1) is 5.92 Å². The molecule has 6 atom stereocenters. The van der Waals surface area contributed by atoms with Crippen LogP contribution in [0.25, 0.3) is 0 Å². The number of carbonyl (C=O) groups is 1. The van der Waals surface area contributed by atoms with Gasteiger partial charge in [0, 0.05) is 12.5 Å². The maximum atomic E-state index is 11.9. The molecule has 3 unspecified atom stereocenters. The van der Waals surface area contributed by atoms with Gasteiger partial charge < -0.3 is 35.2 Å². The van der Waals surface area contributed by atoms with Crippen molar-refractivity contribution in [2.75, 3.05) is 19.8 Å². The van der Waals surface area contributed by atoms with Crippen LogP contribution in [0.2, 0.25) is 0 Å². The Morgan fingerprint density at radius 2 is 1.92 bits per heavy atom. The highest BCUT2D eigenvalue weighted by Crippen LogP contribution is 2.21. The summed E-state index contributed by atoms with van der Waals surface area (Å²) in [4.78, 5) is 11.9. The molecule has 8 heteroatoms. The summed E-state index contributed by atoms with van der Waals surface area (Å²) >= 11 is 0. The molecule has 0 aromatic carbocycles. The normalized spacial score (nSPS) is 31.7. The Labute approximate surface area is 142 Å². The summed E-state index contributed by atoms with van der Waals surface area (Å²) in [5.74, 6) is -0.118. The number of ether oxygens (including phenoxy) is 2. The van der Waals surface area contributed by atoms with Gasteiger partial charge in [-0.15, -0.1) is 0 Å². The zero-order valence-corrected chi connectivity index (χ0v) is 14.4. The fourth-order valence-corrected chi connectivity index (χ4v) is 2.56. The average molecular weight is 349 g/mol. The average Bonchev–Trinajstić information content (AvgIpc) is 2.58. The van der Waals surface area contributed by atoms with E-state index in [9.17, 15) is 20.1 Å². The first kappa shape index (κ1) is 21.3. The van der Waals surface area contributed by atoms with Crippen LogP contribution >= 0.6 is 0 Å². The van der Waals surface area contributed by atoms with E-state index in [1.165, 1.54) is 0 Å². The topological polar surface area (TPSA) is 128 Å². The quantitative estimate of drug-likeness (QED) is 0.324. The molecule has 1 saturated heterocycles. The minimum absolute atomic E-state index is 0.0523. The molecule has 1 heterocycles. The number of aliphatic hydroxyl groups is 4. The molecule has 142 valence electrons. The standard InChI is InChI=1S/C16H31NO7/c1-3-4-5-6-10(2)15(22)17-7-8-23-16-14(21)13(20)12(19)11(9-18)24-16/h10-14,16,18-21H,3-9H2,1-2H3,(H,17,22)/t10-,11?,12+,13?,14?,16-/m0/s1. The van der Waals surface area contributed by atoms with E-state index in [4.69, 9.17) is 14.6 Å². The van der Waals surface area contributed by atoms with Crippen molar-refractivity contribution in [1.82, 2.24) is 5.32 Å². The van der Waals surface area contributed by atoms with Gasteiger partial charge >= 0.3 is 0 Å². The number of amides is 1. The van der Waals surface area contributed by atoms with Crippen molar-refractivity contribution >= 4 is 5.91 Å². The van der Waals surface area contributed by atoms with E-state index >= 15 is 0 Å². The van der Waals surface area contributed by atoms with E-state index in [1.807, 2.05) is 6.92 Å². The first-order chi connectivity index (χ1) is 11.4. The molecule has 5 N–H and O–H groups in total. The van der Waals surface area contributed by atoms with Gasteiger partial charge in [-0.25, -0.2) is 0 Å². The highest BCUT2D eigenvalue weighted by Gasteiger charge is 2.43. The highest BCUT2D eigenvalue weighted by molar-refractivity contribution is 5.78. The van der Waals surface area contributed by atoms with Crippen LogP contribution in [0.3, 0.4) is 0 Å². The van der Waals surface area contributed by atoms with Crippen molar-refractivity contribution in [2.45, 2.75) is 70.2 Å². The number of aliphatic hydroxyl groups excluding tert-OH is 4. The van der Waals surface area contributed by atoms with Gasteiger partial charge in [0.2, 0.25) is 5.91 Å². The monoisotopic (exact) mass is 349 g/mol. The Morgan fingerprint density at radius 1 is 1.21 bits per heavy atom. The molecule has 1 fully saturated rings. The van der Waals surface area contributed by atoms with Gasteiger partial charge in [-0.05, 0) is 6.42 Å². The van der Waals surface area contributed by atoms with Crippen LogP contribution in [-0.4, -0.2) is 76.8 Å². The molecule has 1 amide bonds. The van der Waals surface area contributed by atoms with Crippen molar-refractivity contribution in [1.29, 1.82) is 0 Å². The fourth-order valence-electron chi connectivity index (χ4n) is 2.56. The highest BCUT2D eigenvalue weighted by atomic mass is 16.7. The van der Waals surface area contributed by atoms with Gasteiger partial charge in [-0.3, -0.25) is 4.79 Å². The van der Waals surface area contributed by atoms with Gasteiger partial charge in [0.25, 0.3) is 0 Å². The molecule has 0 aromatic heterocycles. The van der Waals surface area contributed by atoms with Crippen LogP contribution < -0.4 is 5.32 Å². The summed E-state index contributed by atoms with van der Waals surface area (Å²) in [7, 11) is 0. The number of hydrogen-bond donors (Lipinski definition) is 5. The van der Waals surface area contributed by atoms with Gasteiger partial charge in [0.15, 0.2) is 6.29 Å². The molecule has 1 aliphatic heterocycles. The van der Waals surface area contributed by atoms with E-state index in [2.05, 4.69) is 12.2 Å². The predicted molar refractivity (Wildman–Crippen MR) is 86.0 cm³/mol. The Morgan fingerprint density at radius 3 is 2.54 bits per heavy atom. The lowest BCUT2D eigenvalue weighted by molar-refractivity contribution is -0.300. The van der Waals surface area contributed by atoms with Crippen LogP contribution in [0.4, 0.5) is 0 Å². The molecular formula is C16H31NO7. The Kier molecular flexibility index (Phi) is 9.72. The summed E-state index contributed by atoms with van der Waals surface area (Å²) in [6.07, 6.45) is -2.38. The molecular weight excluding hydrogens is 318 g/mol. The molecule has 0 aromatic rings. The lowest BCUT2D eigenvalue weighted by Gasteiger charge is -2.39. The lowest BCUT2D eigenvalue weighted by Crippen LogP contribution is -2.59. The van der Waals surface area contributed by atoms with Gasteiger partial charge in [0.1, 0.15) is 24.4 Å². The molecule has 8 nitrogen and oxygen atoms in total. The van der Waals surface area contributed by atoms with E-state index in [1.54, 1.807) is 0 Å². The first-order valence-electron chi connectivity index (χ1n) is 8.62. The van der Waals surface area contributed by atoms with Gasteiger partial charge in [-0.1, -0.05) is 33.1 Å². The third-order valence-corrected chi connectivity index (χ3v) is 4.22. The molecule has 0 aliphatic carbocycles. The minimum atomic E-state index is -1.46. The molecule has 24 heavy (non-hydrogen) atoms. The molecule has 0 spiro atoms. The molecule has 1 aliphatic rings. The van der Waals surface area contributed by atoms with Crippen molar-refractivity contribution in [3.8, 4) is 0 Å². The van der Waals surface area contributed by atoms with Crippen molar-refractivity contribution in [2.24, 2.45) is 5.92 Å². The second-order valence-corrected chi connectivity index (χ2v) is 6.26. The third kappa shape index (κ3) is 6.27. The summed E-state index contributed by atoms with van der Waals surface area (Å²) < 4.78 is 10.5. The molecule has 0 radical (unpaired) electrons. The smallest absolute Gasteiger partial charge is 0.222 e. The summed E-state index contributed by atoms with van der Waals surface area (Å²) in [6.45, 7) is 3.81. The van der Waals surface area contributed by atoms with Crippen LogP contribution in [0.15, 0.2) is 0 Å². The van der Waals surface area contributed by atoms with Crippen molar-refractivity contribution in [3.63, 3.8) is 0 Å². The van der Waals surface area contributed by atoms with E-state index in [0.717, 1.165) is 25.7 Å². The molecule has 1 rings (SSSR count). The third-order valence-electron chi connectivity index (χ3n) is 4.22. The van der Waals surface area contributed by atoms with Crippen LogP contribution in [0.5, 0.6) is 0 Å². The number of unbranched alkanes of at least 4 members (excludes halogenated alkanes) is 2. The number of rotatable bonds is 10. The van der Waals surface area contributed by atoms with E-state index in [0.29, 0.717) is 0 Å². The molecule has 0 bridgehead atoms. The maximum Gasteiger partial charge on any atom is 0.222 e. The maximum absolute atomic E-state index is 11.9. The second kappa shape index (κ2) is 11.0. The Balaban J connectivity index is 2.27. The number of hydrogen-bond acceptors (Lipinski definition) is 7. The second-order valence-electron chi connectivity index (χ2n) is 6.26. The lowest BCUT2D eigenvalue weighted by atomic mass is 9.99. The Hall–Kier alpha value is -0.770. The first-order valence-corrected chi connectivity index (χ1v) is 8.62. The van der Waals surface area contributed by atoms with Crippen LogP contribution in [0.1, 0.15) is 39.5 Å². The Bertz CT molecular complexity index is 366. The minimum Gasteiger partial charge on any atom is -0.394 e. The molecule has 0 saturated carbocycles. The SMILES string of the molecule is CCCCC[C@H](C)C(=O)NCCO[C@H]1OC(CO)[C@@H](O)C(O)C1O. The predicted octanol–water partition coefficient (Wildman–Crippen LogP) is -0.864. The van der Waals surface area contributed by atoms with Crippen molar-refractivity contribution < 1.29 is 34.7 Å². The van der Waals surface area contributed by atoms with Gasteiger partial charge in [-0.2, -0.15) is 0 Å².